The van der Waals surface area contributed by atoms with Gasteiger partial charge in [-0.15, -0.1) is 11.3 Å². The van der Waals surface area contributed by atoms with Gasteiger partial charge >= 0.3 is 0 Å². The molecule has 0 aliphatic carbocycles. The van der Waals surface area contributed by atoms with Gasteiger partial charge in [0.25, 0.3) is 0 Å². The number of nitrogens with zero attached hydrogens (tertiary/aromatic N) is 1. The summed E-state index contributed by atoms with van der Waals surface area (Å²) in [7, 11) is 4.20. The Morgan fingerprint density at radius 3 is 2.31 bits per heavy atom. The van der Waals surface area contributed by atoms with Crippen LogP contribution in [0.2, 0.25) is 0 Å². The van der Waals surface area contributed by atoms with Crippen LogP contribution in [0.1, 0.15) is 16.5 Å². The molecule has 84 valence electrons. The monoisotopic (exact) mass is 232 g/mol. The predicted octanol–water partition coefficient (Wildman–Crippen LogP) is 2.98. The van der Waals surface area contributed by atoms with Gasteiger partial charge in [0.2, 0.25) is 0 Å². The first-order valence-electron chi connectivity index (χ1n) is 5.24. The Morgan fingerprint density at radius 2 is 1.81 bits per heavy atom. The number of thiophene rings is 1. The molecule has 2 N–H and O–H groups in total. The Labute approximate surface area is 100 Å². The molecule has 1 unspecified atom stereocenters. The quantitative estimate of drug-likeness (QED) is 0.824. The minimum atomic E-state index is 0.320. The summed E-state index contributed by atoms with van der Waals surface area (Å²) >= 11 is 1.79. The molecule has 2 nitrogen and oxygen atoms in total. The Balaban J connectivity index is 2.37. The molecule has 0 amide bonds. The van der Waals surface area contributed by atoms with Crippen molar-refractivity contribution >= 4 is 17.0 Å². The lowest BCUT2D eigenvalue weighted by Crippen LogP contribution is -2.20. The van der Waals surface area contributed by atoms with Crippen LogP contribution in [-0.4, -0.2) is 19.0 Å². The lowest BCUT2D eigenvalue weighted by atomic mass is 10.0. The van der Waals surface area contributed by atoms with E-state index in [-0.39, 0.29) is 0 Å². The molecule has 0 spiro atoms. The Bertz CT molecular complexity index is 431. The van der Waals surface area contributed by atoms with Crippen molar-refractivity contribution in [3.05, 3.63) is 52.2 Å². The van der Waals surface area contributed by atoms with Crippen LogP contribution in [0, 0.1) is 0 Å². The number of hydrogen-bond acceptors (Lipinski definition) is 3. The van der Waals surface area contributed by atoms with Crippen molar-refractivity contribution < 1.29 is 0 Å². The highest BCUT2D eigenvalue weighted by Gasteiger charge is 2.16. The van der Waals surface area contributed by atoms with E-state index in [1.54, 1.807) is 11.3 Å². The van der Waals surface area contributed by atoms with Crippen LogP contribution in [0.5, 0.6) is 0 Å². The number of rotatable bonds is 3. The predicted molar refractivity (Wildman–Crippen MR) is 70.7 cm³/mol. The molecule has 0 bridgehead atoms. The summed E-state index contributed by atoms with van der Waals surface area (Å²) in [5.41, 5.74) is 7.80. The lowest BCUT2D eigenvalue weighted by molar-refractivity contribution is 0.346. The van der Waals surface area contributed by atoms with Crippen LogP contribution in [0.3, 0.4) is 0 Å². The van der Waals surface area contributed by atoms with Crippen LogP contribution in [-0.2, 0) is 0 Å². The fourth-order valence-electron chi connectivity index (χ4n) is 1.84. The molecular formula is C13H16N2S. The van der Waals surface area contributed by atoms with E-state index in [0.29, 0.717) is 6.04 Å². The van der Waals surface area contributed by atoms with E-state index in [9.17, 15) is 0 Å². The molecule has 0 aliphatic heterocycles. The number of nitrogens with two attached hydrogens (primary N) is 1. The third kappa shape index (κ3) is 2.26. The minimum absolute atomic E-state index is 0.320. The highest BCUT2D eigenvalue weighted by molar-refractivity contribution is 7.10. The van der Waals surface area contributed by atoms with Gasteiger partial charge in [-0.3, -0.25) is 4.90 Å². The van der Waals surface area contributed by atoms with E-state index in [1.807, 2.05) is 12.1 Å². The molecule has 3 heteroatoms. The SMILES string of the molecule is CN(C)C(c1ccc(N)cc1)c1cccs1. The van der Waals surface area contributed by atoms with Gasteiger partial charge in [0.15, 0.2) is 0 Å². The Kier molecular flexibility index (Phi) is 3.27. The third-order valence-corrected chi connectivity index (χ3v) is 3.51. The van der Waals surface area contributed by atoms with Crippen molar-refractivity contribution in [1.82, 2.24) is 4.90 Å². The van der Waals surface area contributed by atoms with Gasteiger partial charge in [0.1, 0.15) is 0 Å². The number of anilines is 1. The van der Waals surface area contributed by atoms with E-state index >= 15 is 0 Å². The van der Waals surface area contributed by atoms with E-state index in [2.05, 4.69) is 48.6 Å². The van der Waals surface area contributed by atoms with Crippen LogP contribution in [0.25, 0.3) is 0 Å². The van der Waals surface area contributed by atoms with E-state index in [0.717, 1.165) is 5.69 Å². The highest BCUT2D eigenvalue weighted by Crippen LogP contribution is 2.30. The van der Waals surface area contributed by atoms with Crippen molar-refractivity contribution in [2.45, 2.75) is 6.04 Å². The second kappa shape index (κ2) is 4.68. The zero-order valence-electron chi connectivity index (χ0n) is 9.55. The molecule has 1 aromatic heterocycles. The summed E-state index contributed by atoms with van der Waals surface area (Å²) in [6.45, 7) is 0. The zero-order valence-corrected chi connectivity index (χ0v) is 10.4. The van der Waals surface area contributed by atoms with Crippen molar-refractivity contribution in [3.63, 3.8) is 0 Å². The van der Waals surface area contributed by atoms with Crippen molar-refractivity contribution in [3.8, 4) is 0 Å². The van der Waals surface area contributed by atoms with Crippen LogP contribution in [0.4, 0.5) is 5.69 Å². The third-order valence-electron chi connectivity index (χ3n) is 2.58. The number of hydrogen-bond donors (Lipinski definition) is 1. The average molecular weight is 232 g/mol. The first kappa shape index (κ1) is 11.2. The second-order valence-corrected chi connectivity index (χ2v) is 5.03. The lowest BCUT2D eigenvalue weighted by Gasteiger charge is -2.23. The maximum atomic E-state index is 5.71. The maximum Gasteiger partial charge on any atom is 0.0691 e. The summed E-state index contributed by atoms with van der Waals surface area (Å²) in [6.07, 6.45) is 0. The molecule has 0 fully saturated rings. The fraction of sp³-hybridized carbons (Fsp3) is 0.231. The maximum absolute atomic E-state index is 5.71. The molecule has 2 rings (SSSR count). The van der Waals surface area contributed by atoms with E-state index < -0.39 is 0 Å². The normalized spacial score (nSPS) is 12.9. The van der Waals surface area contributed by atoms with Crippen LogP contribution < -0.4 is 5.73 Å². The zero-order chi connectivity index (χ0) is 11.5. The fourth-order valence-corrected chi connectivity index (χ4v) is 2.79. The van der Waals surface area contributed by atoms with Gasteiger partial charge in [-0.25, -0.2) is 0 Å². The smallest absolute Gasteiger partial charge is 0.0691 e. The summed E-state index contributed by atoms with van der Waals surface area (Å²) in [5.74, 6) is 0. The standard InChI is InChI=1S/C13H16N2S/c1-15(2)13(12-4-3-9-16-12)10-5-7-11(14)8-6-10/h3-9,13H,14H2,1-2H3. The van der Waals surface area contributed by atoms with Gasteiger partial charge in [0, 0.05) is 10.6 Å². The largest absolute Gasteiger partial charge is 0.399 e. The van der Waals surface area contributed by atoms with Crippen molar-refractivity contribution in [2.24, 2.45) is 0 Å². The second-order valence-electron chi connectivity index (χ2n) is 4.05. The molecular weight excluding hydrogens is 216 g/mol. The van der Waals surface area contributed by atoms with Crippen LogP contribution in [0.15, 0.2) is 41.8 Å². The van der Waals surface area contributed by atoms with Crippen LogP contribution >= 0.6 is 11.3 Å². The van der Waals surface area contributed by atoms with Gasteiger partial charge in [0.05, 0.1) is 6.04 Å². The van der Waals surface area contributed by atoms with E-state index in [1.165, 1.54) is 10.4 Å². The Hall–Kier alpha value is -1.32. The summed E-state index contributed by atoms with van der Waals surface area (Å²) in [5, 5.41) is 2.11. The number of nitrogen functional groups attached to an aromatic ring is 1. The van der Waals surface area contributed by atoms with Crippen molar-refractivity contribution in [1.29, 1.82) is 0 Å². The first-order valence-corrected chi connectivity index (χ1v) is 6.11. The Morgan fingerprint density at radius 1 is 1.12 bits per heavy atom. The first-order chi connectivity index (χ1) is 7.68. The molecule has 0 aliphatic rings. The average Bonchev–Trinajstić information content (AvgIpc) is 2.74. The molecule has 2 aromatic rings. The summed E-state index contributed by atoms with van der Waals surface area (Å²) < 4.78 is 0. The molecule has 1 aromatic carbocycles. The molecule has 0 saturated carbocycles. The molecule has 0 saturated heterocycles. The summed E-state index contributed by atoms with van der Waals surface area (Å²) in [6, 6.07) is 12.7. The van der Waals surface area contributed by atoms with Gasteiger partial charge < -0.3 is 5.73 Å². The molecule has 0 radical (unpaired) electrons. The summed E-state index contributed by atoms with van der Waals surface area (Å²) in [4.78, 5) is 3.58. The van der Waals surface area contributed by atoms with Crippen molar-refractivity contribution in [2.75, 3.05) is 19.8 Å². The van der Waals surface area contributed by atoms with Gasteiger partial charge in [-0.05, 0) is 43.2 Å². The highest BCUT2D eigenvalue weighted by atomic mass is 32.1. The minimum Gasteiger partial charge on any atom is -0.399 e. The molecule has 1 heterocycles. The van der Waals surface area contributed by atoms with Gasteiger partial charge in [-0.1, -0.05) is 18.2 Å². The number of benzene rings is 1. The molecule has 16 heavy (non-hydrogen) atoms. The topological polar surface area (TPSA) is 29.3 Å². The van der Waals surface area contributed by atoms with Gasteiger partial charge in [-0.2, -0.15) is 0 Å². The molecule has 1 atom stereocenters. The van der Waals surface area contributed by atoms with E-state index in [4.69, 9.17) is 5.73 Å².